The predicted molar refractivity (Wildman–Crippen MR) is 85.3 cm³/mol. The molecule has 0 saturated heterocycles. The van der Waals surface area contributed by atoms with Gasteiger partial charge >= 0.3 is 0 Å². The Hall–Kier alpha value is -2.88. The molecule has 1 amide bonds. The van der Waals surface area contributed by atoms with E-state index in [1.54, 1.807) is 0 Å². The van der Waals surface area contributed by atoms with E-state index in [0.717, 1.165) is 16.6 Å². The van der Waals surface area contributed by atoms with E-state index in [9.17, 15) is 9.59 Å². The van der Waals surface area contributed by atoms with Gasteiger partial charge in [0.25, 0.3) is 5.91 Å². The predicted octanol–water partition coefficient (Wildman–Crippen LogP) is 2.92. The fraction of sp³-hybridized carbons (Fsp3) is 0.111. The molecule has 0 aliphatic heterocycles. The van der Waals surface area contributed by atoms with Gasteiger partial charge in [0.15, 0.2) is 5.78 Å². The summed E-state index contributed by atoms with van der Waals surface area (Å²) in [6.07, 6.45) is 3.84. The van der Waals surface area contributed by atoms with Crippen LogP contribution >= 0.6 is 0 Å². The number of carbonyl (C=O) groups is 2. The Bertz CT molecular complexity index is 820. The Morgan fingerprint density at radius 3 is 2.41 bits per heavy atom. The number of aromatic nitrogens is 1. The Morgan fingerprint density at radius 2 is 1.82 bits per heavy atom. The number of rotatable bonds is 2. The summed E-state index contributed by atoms with van der Waals surface area (Å²) >= 11 is 0. The van der Waals surface area contributed by atoms with Gasteiger partial charge < -0.3 is 9.72 Å². The van der Waals surface area contributed by atoms with E-state index in [2.05, 4.69) is 5.32 Å². The first-order chi connectivity index (χ1) is 10.7. The molecule has 2 heterocycles. The van der Waals surface area contributed by atoms with Crippen LogP contribution in [0.5, 0.6) is 0 Å². The molecule has 0 saturated carbocycles. The van der Waals surface area contributed by atoms with Crippen LogP contribution in [0.1, 0.15) is 33.2 Å². The van der Waals surface area contributed by atoms with Gasteiger partial charge in [0.2, 0.25) is 0 Å². The minimum atomic E-state index is -0.0174. The summed E-state index contributed by atoms with van der Waals surface area (Å²) in [5.74, 6) is 0.184. The first kappa shape index (κ1) is 14.1. The average Bonchev–Trinajstić information content (AvgIpc) is 3.03. The van der Waals surface area contributed by atoms with Crippen molar-refractivity contribution in [1.29, 1.82) is 0 Å². The minimum Gasteiger partial charge on any atom is -0.352 e. The van der Waals surface area contributed by atoms with Gasteiger partial charge in [-0.15, -0.1) is 0 Å². The molecule has 0 unspecified atom stereocenters. The monoisotopic (exact) mass is 292 g/mol. The number of benzene rings is 1. The van der Waals surface area contributed by atoms with Crippen LogP contribution in [-0.4, -0.2) is 22.6 Å². The fourth-order valence-corrected chi connectivity index (χ4v) is 2.33. The van der Waals surface area contributed by atoms with Gasteiger partial charge in [0, 0.05) is 41.1 Å². The normalized spacial score (nSPS) is 11.4. The molecular formula is C18H16N2O2. The third-order valence-corrected chi connectivity index (χ3v) is 3.52. The molecule has 0 spiro atoms. The number of hydrogen-bond donors (Lipinski definition) is 1. The molecule has 0 fully saturated rings. The lowest BCUT2D eigenvalue weighted by Crippen LogP contribution is -2.22. The molecule has 0 atom stereocenters. The largest absolute Gasteiger partial charge is 0.352 e. The van der Waals surface area contributed by atoms with E-state index < -0.39 is 0 Å². The fourth-order valence-electron chi connectivity index (χ4n) is 2.33. The molecule has 110 valence electrons. The lowest BCUT2D eigenvalue weighted by Gasteiger charge is -2.10. The molecule has 2 aromatic heterocycles. The van der Waals surface area contributed by atoms with Gasteiger partial charge in [-0.1, -0.05) is 18.2 Å². The molecular weight excluding hydrogens is 276 g/mol. The summed E-state index contributed by atoms with van der Waals surface area (Å²) in [4.78, 5) is 22.1. The third-order valence-electron chi connectivity index (χ3n) is 3.52. The van der Waals surface area contributed by atoms with Crippen molar-refractivity contribution in [1.82, 2.24) is 9.72 Å². The van der Waals surface area contributed by atoms with Gasteiger partial charge in [0.1, 0.15) is 0 Å². The molecule has 4 heteroatoms. The zero-order valence-corrected chi connectivity index (χ0v) is 12.2. The molecule has 1 aromatic carbocycles. The molecule has 5 rings (SSSR count). The maximum absolute atomic E-state index is 11.5. The number of pyridine rings is 1. The van der Waals surface area contributed by atoms with Gasteiger partial charge in [-0.3, -0.25) is 9.59 Å². The van der Waals surface area contributed by atoms with E-state index in [-0.39, 0.29) is 11.7 Å². The van der Waals surface area contributed by atoms with Gasteiger partial charge in [-0.25, -0.2) is 0 Å². The van der Waals surface area contributed by atoms with Crippen LogP contribution < -0.4 is 5.32 Å². The van der Waals surface area contributed by atoms with Crippen LogP contribution in [0.4, 0.5) is 0 Å². The van der Waals surface area contributed by atoms with Crippen LogP contribution in [0.15, 0.2) is 60.9 Å². The van der Waals surface area contributed by atoms with E-state index in [1.807, 2.05) is 72.2 Å². The van der Waals surface area contributed by atoms with Crippen LogP contribution in [0, 0.1) is 0 Å². The Balaban J connectivity index is 0.000000151. The molecule has 0 radical (unpaired) electrons. The highest BCUT2D eigenvalue weighted by Gasteiger charge is 2.17. The highest BCUT2D eigenvalue weighted by Crippen LogP contribution is 2.19. The number of nitrogens with one attached hydrogen (secondary N) is 1. The van der Waals surface area contributed by atoms with E-state index in [0.29, 0.717) is 12.1 Å². The first-order valence-electron chi connectivity index (χ1n) is 7.18. The van der Waals surface area contributed by atoms with Crippen molar-refractivity contribution >= 4 is 17.2 Å². The summed E-state index contributed by atoms with van der Waals surface area (Å²) in [5, 5.41) is 2.77. The number of carbonyl (C=O) groups excluding carboxylic acids is 2. The molecule has 4 nitrogen and oxygen atoms in total. The highest BCUT2D eigenvalue weighted by atomic mass is 16.1. The number of hydrogen-bond acceptors (Lipinski definition) is 2. The first-order valence-corrected chi connectivity index (χ1v) is 7.18. The van der Waals surface area contributed by atoms with Crippen LogP contribution in [0.2, 0.25) is 0 Å². The zero-order chi connectivity index (χ0) is 15.5. The van der Waals surface area contributed by atoms with Crippen molar-refractivity contribution in [3.05, 3.63) is 77.6 Å². The number of fused-ring (bicyclic) bond motifs is 3. The molecule has 22 heavy (non-hydrogen) atoms. The second-order valence-electron chi connectivity index (χ2n) is 5.03. The van der Waals surface area contributed by atoms with Gasteiger partial charge in [0.05, 0.1) is 0 Å². The summed E-state index contributed by atoms with van der Waals surface area (Å²) in [5.41, 5.74) is 3.44. The van der Waals surface area contributed by atoms with Crippen molar-refractivity contribution in [2.45, 2.75) is 6.92 Å². The maximum atomic E-state index is 11.5. The molecule has 2 aliphatic rings. The molecule has 2 aliphatic carbocycles. The summed E-state index contributed by atoms with van der Waals surface area (Å²) in [6, 6.07) is 15.1. The van der Waals surface area contributed by atoms with Crippen molar-refractivity contribution < 1.29 is 9.59 Å². The second kappa shape index (κ2) is 5.85. The number of ketones is 1. The van der Waals surface area contributed by atoms with Crippen LogP contribution in [-0.2, 0) is 0 Å². The third kappa shape index (κ3) is 2.63. The number of nitrogens with zero attached hydrogens (tertiary/aromatic N) is 1. The SMILES string of the molecule is CCNC(=O)c1ccn2cccc2c1.O=C1c2cccc1c2. The molecule has 2 bridgehead atoms. The quantitative estimate of drug-likeness (QED) is 0.617. The lowest BCUT2D eigenvalue weighted by atomic mass is 9.92. The summed E-state index contributed by atoms with van der Waals surface area (Å²) < 4.78 is 1.97. The van der Waals surface area contributed by atoms with E-state index in [1.165, 1.54) is 0 Å². The van der Waals surface area contributed by atoms with Crippen LogP contribution in [0.25, 0.3) is 5.52 Å². The van der Waals surface area contributed by atoms with Crippen molar-refractivity contribution in [3.63, 3.8) is 0 Å². The summed E-state index contributed by atoms with van der Waals surface area (Å²) in [6.45, 7) is 2.57. The van der Waals surface area contributed by atoms with Gasteiger partial charge in [-0.05, 0) is 37.3 Å². The Kier molecular flexibility index (Phi) is 3.74. The molecule has 1 N–H and O–H groups in total. The van der Waals surface area contributed by atoms with Crippen molar-refractivity contribution in [2.24, 2.45) is 0 Å². The highest BCUT2D eigenvalue weighted by molar-refractivity contribution is 6.16. The standard InChI is InChI=1S/C11H12N2O.C7H4O/c1-2-12-11(14)9-5-7-13-6-3-4-10(13)8-9;8-7-5-2-1-3-6(7)4-5/h3-8H,2H2,1H3,(H,12,14);1-4H. The topological polar surface area (TPSA) is 50.6 Å². The second-order valence-corrected chi connectivity index (χ2v) is 5.03. The Labute approximate surface area is 128 Å². The van der Waals surface area contributed by atoms with E-state index in [4.69, 9.17) is 0 Å². The molecule has 3 aromatic rings. The smallest absolute Gasteiger partial charge is 0.251 e. The van der Waals surface area contributed by atoms with E-state index >= 15 is 0 Å². The minimum absolute atomic E-state index is 0.0174. The number of amides is 1. The average molecular weight is 292 g/mol. The maximum Gasteiger partial charge on any atom is 0.251 e. The van der Waals surface area contributed by atoms with Crippen LogP contribution in [0.3, 0.4) is 0 Å². The summed E-state index contributed by atoms with van der Waals surface area (Å²) in [7, 11) is 0. The van der Waals surface area contributed by atoms with Gasteiger partial charge in [-0.2, -0.15) is 0 Å². The Morgan fingerprint density at radius 1 is 1.05 bits per heavy atom. The zero-order valence-electron chi connectivity index (χ0n) is 12.2. The van der Waals surface area contributed by atoms with Crippen molar-refractivity contribution in [3.8, 4) is 0 Å². The lowest BCUT2D eigenvalue weighted by molar-refractivity contribution is 0.0955. The van der Waals surface area contributed by atoms with Crippen molar-refractivity contribution in [2.75, 3.05) is 6.54 Å².